The third-order valence-electron chi connectivity index (χ3n) is 4.00. The molecule has 7 nitrogen and oxygen atoms in total. The van der Waals surface area contributed by atoms with E-state index in [9.17, 15) is 13.2 Å². The topological polar surface area (TPSA) is 94.0 Å². The first-order valence-electron chi connectivity index (χ1n) is 7.69. The predicted octanol–water partition coefficient (Wildman–Crippen LogP) is 1.86. The van der Waals surface area contributed by atoms with Crippen molar-refractivity contribution in [2.75, 3.05) is 0 Å². The zero-order chi connectivity index (χ0) is 18.2. The molecule has 0 bridgehead atoms. The average Bonchev–Trinajstić information content (AvgIpc) is 2.89. The van der Waals surface area contributed by atoms with E-state index in [0.29, 0.717) is 11.0 Å². The Morgan fingerprint density at radius 1 is 1.08 bits per heavy atom. The van der Waals surface area contributed by atoms with Gasteiger partial charge in [-0.3, -0.25) is 4.79 Å². The van der Waals surface area contributed by atoms with Crippen LogP contribution in [0.25, 0.3) is 11.0 Å². The molecule has 0 aliphatic rings. The normalized spacial score (nSPS) is 11.6. The van der Waals surface area contributed by atoms with Crippen LogP contribution in [0.5, 0.6) is 0 Å². The van der Waals surface area contributed by atoms with Gasteiger partial charge in [-0.2, -0.15) is 0 Å². The van der Waals surface area contributed by atoms with E-state index < -0.39 is 15.9 Å². The highest BCUT2D eigenvalue weighted by molar-refractivity contribution is 7.90. The zero-order valence-electron chi connectivity index (χ0n) is 14.1. The molecule has 0 aliphatic carbocycles. The minimum Gasteiger partial charge on any atom is -0.272 e. The molecular formula is C17H18N4O3S. The van der Waals surface area contributed by atoms with E-state index in [0.717, 1.165) is 16.7 Å². The van der Waals surface area contributed by atoms with Crippen molar-refractivity contribution in [3.8, 4) is 0 Å². The summed E-state index contributed by atoms with van der Waals surface area (Å²) in [6.07, 6.45) is 0. The summed E-state index contributed by atoms with van der Waals surface area (Å²) in [6.45, 7) is 5.54. The van der Waals surface area contributed by atoms with Crippen molar-refractivity contribution in [3.63, 3.8) is 0 Å². The minimum absolute atomic E-state index is 0.0429. The summed E-state index contributed by atoms with van der Waals surface area (Å²) in [5.41, 5.74) is 4.41. The Labute approximate surface area is 145 Å². The first-order valence-corrected chi connectivity index (χ1v) is 9.17. The molecule has 130 valence electrons. The SMILES string of the molecule is Cc1ccc(S(=O)(=O)NC(=O)Cn2nnc3cc(C)c(C)cc32)cc1. The maximum atomic E-state index is 12.3. The summed E-state index contributed by atoms with van der Waals surface area (Å²) >= 11 is 0. The van der Waals surface area contributed by atoms with Crippen LogP contribution in [0.1, 0.15) is 16.7 Å². The molecule has 2 aromatic carbocycles. The number of fused-ring (bicyclic) bond motifs is 1. The fourth-order valence-electron chi connectivity index (χ4n) is 2.43. The fraction of sp³-hybridized carbons (Fsp3) is 0.235. The van der Waals surface area contributed by atoms with Crippen molar-refractivity contribution < 1.29 is 13.2 Å². The van der Waals surface area contributed by atoms with Crippen LogP contribution in [-0.2, 0) is 21.4 Å². The van der Waals surface area contributed by atoms with Gasteiger partial charge in [-0.15, -0.1) is 5.10 Å². The number of hydrogen-bond acceptors (Lipinski definition) is 5. The first kappa shape index (κ1) is 17.1. The molecule has 3 rings (SSSR count). The van der Waals surface area contributed by atoms with E-state index in [1.165, 1.54) is 16.8 Å². The highest BCUT2D eigenvalue weighted by Crippen LogP contribution is 2.17. The van der Waals surface area contributed by atoms with Gasteiger partial charge in [0.1, 0.15) is 12.1 Å². The molecule has 25 heavy (non-hydrogen) atoms. The lowest BCUT2D eigenvalue weighted by atomic mass is 10.1. The van der Waals surface area contributed by atoms with Crippen LogP contribution in [0.15, 0.2) is 41.3 Å². The van der Waals surface area contributed by atoms with Crippen LogP contribution in [0.3, 0.4) is 0 Å². The number of amides is 1. The van der Waals surface area contributed by atoms with E-state index in [1.54, 1.807) is 12.1 Å². The Morgan fingerprint density at radius 2 is 1.72 bits per heavy atom. The van der Waals surface area contributed by atoms with Crippen LogP contribution in [0.4, 0.5) is 0 Å². The third-order valence-corrected chi connectivity index (χ3v) is 5.39. The van der Waals surface area contributed by atoms with Crippen molar-refractivity contribution in [2.24, 2.45) is 0 Å². The highest BCUT2D eigenvalue weighted by atomic mass is 32.2. The summed E-state index contributed by atoms with van der Waals surface area (Å²) in [6, 6.07) is 10.0. The standard InChI is InChI=1S/C17H18N4O3S/c1-11-4-6-14(7-5-11)25(23,24)19-17(22)10-21-16-9-13(3)12(2)8-15(16)18-20-21/h4-9H,10H2,1-3H3,(H,19,22). The van der Waals surface area contributed by atoms with Crippen LogP contribution >= 0.6 is 0 Å². The summed E-state index contributed by atoms with van der Waals surface area (Å²) in [4.78, 5) is 12.2. The predicted molar refractivity (Wildman–Crippen MR) is 93.5 cm³/mol. The van der Waals surface area contributed by atoms with Crippen molar-refractivity contribution in [3.05, 3.63) is 53.1 Å². The molecule has 0 fully saturated rings. The van der Waals surface area contributed by atoms with E-state index >= 15 is 0 Å². The second-order valence-corrected chi connectivity index (χ2v) is 7.70. The summed E-state index contributed by atoms with van der Waals surface area (Å²) < 4.78 is 28.0. The molecule has 1 heterocycles. The monoisotopic (exact) mass is 358 g/mol. The van der Waals surface area contributed by atoms with Crippen molar-refractivity contribution >= 4 is 27.0 Å². The van der Waals surface area contributed by atoms with Crippen molar-refractivity contribution in [2.45, 2.75) is 32.2 Å². The summed E-state index contributed by atoms with van der Waals surface area (Å²) in [5, 5.41) is 7.96. The molecule has 0 spiro atoms. The maximum Gasteiger partial charge on any atom is 0.264 e. The maximum absolute atomic E-state index is 12.3. The summed E-state index contributed by atoms with van der Waals surface area (Å²) in [5.74, 6) is -0.675. The largest absolute Gasteiger partial charge is 0.272 e. The van der Waals surface area contributed by atoms with Crippen LogP contribution < -0.4 is 4.72 Å². The van der Waals surface area contributed by atoms with Crippen molar-refractivity contribution in [1.82, 2.24) is 19.7 Å². The molecule has 0 atom stereocenters. The molecule has 0 radical (unpaired) electrons. The van der Waals surface area contributed by atoms with E-state index in [4.69, 9.17) is 0 Å². The Hall–Kier alpha value is -2.74. The van der Waals surface area contributed by atoms with Gasteiger partial charge in [-0.05, 0) is 56.2 Å². The Balaban J connectivity index is 1.81. The molecule has 1 N–H and O–H groups in total. The molecule has 0 aliphatic heterocycles. The van der Waals surface area contributed by atoms with Crippen LogP contribution in [0, 0.1) is 20.8 Å². The number of benzene rings is 2. The molecule has 1 amide bonds. The molecule has 1 aromatic heterocycles. The van der Waals surface area contributed by atoms with Crippen LogP contribution in [0.2, 0.25) is 0 Å². The van der Waals surface area contributed by atoms with Crippen LogP contribution in [-0.4, -0.2) is 29.3 Å². The first-order chi connectivity index (χ1) is 11.8. The number of carbonyl (C=O) groups excluding carboxylic acids is 1. The molecular weight excluding hydrogens is 340 g/mol. The number of rotatable bonds is 4. The lowest BCUT2D eigenvalue weighted by Crippen LogP contribution is -2.33. The molecule has 0 saturated heterocycles. The number of carbonyl (C=O) groups is 1. The molecule has 8 heteroatoms. The number of sulfonamides is 1. The van der Waals surface area contributed by atoms with Gasteiger partial charge in [0.25, 0.3) is 15.9 Å². The average molecular weight is 358 g/mol. The Bertz CT molecular complexity index is 1050. The van der Waals surface area contributed by atoms with Gasteiger partial charge in [0.15, 0.2) is 0 Å². The fourth-order valence-corrected chi connectivity index (χ4v) is 3.41. The van der Waals surface area contributed by atoms with Gasteiger partial charge < -0.3 is 0 Å². The van der Waals surface area contributed by atoms with Gasteiger partial charge in [0.2, 0.25) is 0 Å². The number of hydrogen-bond donors (Lipinski definition) is 1. The second-order valence-electron chi connectivity index (χ2n) is 6.01. The number of nitrogens with zero attached hydrogens (tertiary/aromatic N) is 3. The molecule has 3 aromatic rings. The minimum atomic E-state index is -3.91. The third kappa shape index (κ3) is 3.53. The smallest absolute Gasteiger partial charge is 0.264 e. The zero-order valence-corrected chi connectivity index (χ0v) is 15.0. The van der Waals surface area contributed by atoms with Gasteiger partial charge in [0.05, 0.1) is 10.4 Å². The van der Waals surface area contributed by atoms with Gasteiger partial charge in [0, 0.05) is 0 Å². The number of aromatic nitrogens is 3. The Morgan fingerprint density at radius 3 is 2.40 bits per heavy atom. The summed E-state index contributed by atoms with van der Waals surface area (Å²) in [7, 11) is -3.91. The van der Waals surface area contributed by atoms with E-state index in [1.807, 2.05) is 32.9 Å². The molecule has 0 unspecified atom stereocenters. The second kappa shape index (κ2) is 6.29. The van der Waals surface area contributed by atoms with Gasteiger partial charge in [-0.1, -0.05) is 22.9 Å². The number of aryl methyl sites for hydroxylation is 3. The van der Waals surface area contributed by atoms with Gasteiger partial charge in [-0.25, -0.2) is 17.8 Å². The van der Waals surface area contributed by atoms with Gasteiger partial charge >= 0.3 is 0 Å². The number of nitrogens with one attached hydrogen (secondary N) is 1. The van der Waals surface area contributed by atoms with Crippen molar-refractivity contribution in [1.29, 1.82) is 0 Å². The lowest BCUT2D eigenvalue weighted by molar-refractivity contribution is -0.120. The Kier molecular flexibility index (Phi) is 4.30. The highest BCUT2D eigenvalue weighted by Gasteiger charge is 2.19. The van der Waals surface area contributed by atoms with E-state index in [-0.39, 0.29) is 11.4 Å². The molecule has 0 saturated carbocycles. The lowest BCUT2D eigenvalue weighted by Gasteiger charge is -2.08. The van der Waals surface area contributed by atoms with E-state index in [2.05, 4.69) is 15.0 Å². The quantitative estimate of drug-likeness (QED) is 0.768.